The molecule has 2 rings (SSSR count). The summed E-state index contributed by atoms with van der Waals surface area (Å²) in [5.74, 6) is 0.372. The van der Waals surface area contributed by atoms with Gasteiger partial charge in [0, 0.05) is 18.2 Å². The van der Waals surface area contributed by atoms with Crippen LogP contribution in [0.2, 0.25) is 0 Å². The van der Waals surface area contributed by atoms with Crippen molar-refractivity contribution in [1.29, 1.82) is 0 Å². The molecule has 26 heavy (non-hydrogen) atoms. The van der Waals surface area contributed by atoms with Crippen molar-refractivity contribution in [1.82, 2.24) is 0 Å². The van der Waals surface area contributed by atoms with Crippen LogP contribution in [-0.2, 0) is 4.74 Å². The summed E-state index contributed by atoms with van der Waals surface area (Å²) in [6, 6.07) is 10.7. The molecule has 1 N–H and O–H groups in total. The van der Waals surface area contributed by atoms with Crippen molar-refractivity contribution in [3.63, 3.8) is 0 Å². The number of nitro benzene ring substituents is 1. The molecule has 8 heteroatoms. The summed E-state index contributed by atoms with van der Waals surface area (Å²) in [5.41, 5.74) is 0.606. The summed E-state index contributed by atoms with van der Waals surface area (Å²) in [4.78, 5) is 22.7. The zero-order chi connectivity index (χ0) is 18.9. The van der Waals surface area contributed by atoms with Gasteiger partial charge in [-0.3, -0.25) is 14.9 Å². The van der Waals surface area contributed by atoms with Crippen LogP contribution in [0, 0.1) is 10.1 Å². The number of nitro groups is 1. The van der Waals surface area contributed by atoms with Crippen LogP contribution in [0.4, 0.5) is 11.4 Å². The Morgan fingerprint density at radius 1 is 1.19 bits per heavy atom. The van der Waals surface area contributed by atoms with E-state index in [1.54, 1.807) is 24.3 Å². The Morgan fingerprint density at radius 3 is 2.69 bits per heavy atom. The molecule has 0 aliphatic heterocycles. The fourth-order valence-electron chi connectivity index (χ4n) is 2.18. The zero-order valence-electron chi connectivity index (χ0n) is 14.6. The Labute approximate surface area is 150 Å². The topological polar surface area (TPSA) is 99.9 Å². The first-order valence-electron chi connectivity index (χ1n) is 7.99. The molecule has 0 saturated heterocycles. The van der Waals surface area contributed by atoms with Crippen molar-refractivity contribution in [2.75, 3.05) is 32.2 Å². The lowest BCUT2D eigenvalue weighted by atomic mass is 10.2. The highest BCUT2D eigenvalue weighted by Crippen LogP contribution is 2.29. The molecule has 2 aromatic rings. The van der Waals surface area contributed by atoms with E-state index >= 15 is 0 Å². The molecule has 0 aliphatic rings. The molecule has 1 amide bonds. The van der Waals surface area contributed by atoms with Gasteiger partial charge in [0.25, 0.3) is 11.6 Å². The van der Waals surface area contributed by atoms with E-state index in [4.69, 9.17) is 14.2 Å². The molecule has 0 aromatic heterocycles. The molecule has 138 valence electrons. The van der Waals surface area contributed by atoms with Gasteiger partial charge < -0.3 is 19.5 Å². The van der Waals surface area contributed by atoms with Gasteiger partial charge in [0.05, 0.1) is 30.4 Å². The van der Waals surface area contributed by atoms with Gasteiger partial charge in [0.1, 0.15) is 18.1 Å². The lowest BCUT2D eigenvalue weighted by Crippen LogP contribution is -2.13. The molecule has 2 aromatic carbocycles. The second-order valence-corrected chi connectivity index (χ2v) is 5.17. The minimum Gasteiger partial charge on any atom is -0.494 e. The summed E-state index contributed by atoms with van der Waals surface area (Å²) in [6.45, 7) is 3.36. The lowest BCUT2D eigenvalue weighted by molar-refractivity contribution is -0.384. The molecule has 0 saturated carbocycles. The van der Waals surface area contributed by atoms with Crippen LogP contribution in [0.1, 0.15) is 17.3 Å². The molecule has 0 bridgehead atoms. The Balaban J connectivity index is 2.09. The predicted molar refractivity (Wildman–Crippen MR) is 96.0 cm³/mol. The summed E-state index contributed by atoms with van der Waals surface area (Å²) >= 11 is 0. The van der Waals surface area contributed by atoms with Gasteiger partial charge >= 0.3 is 0 Å². The van der Waals surface area contributed by atoms with Crippen molar-refractivity contribution in [2.24, 2.45) is 0 Å². The Kier molecular flexibility index (Phi) is 6.92. The maximum atomic E-state index is 12.4. The van der Waals surface area contributed by atoms with Gasteiger partial charge in [-0.15, -0.1) is 0 Å². The Bertz CT molecular complexity index is 778. The molecule has 0 unspecified atom stereocenters. The number of rotatable bonds is 9. The zero-order valence-corrected chi connectivity index (χ0v) is 14.6. The van der Waals surface area contributed by atoms with E-state index < -0.39 is 4.92 Å². The number of nitrogens with zero attached hydrogens (tertiary/aromatic N) is 1. The molecular formula is C18H20N2O6. The average Bonchev–Trinajstić information content (AvgIpc) is 2.65. The van der Waals surface area contributed by atoms with E-state index in [9.17, 15) is 14.9 Å². The van der Waals surface area contributed by atoms with Crippen LogP contribution in [-0.4, -0.2) is 37.8 Å². The minimum atomic E-state index is -0.531. The highest BCUT2D eigenvalue weighted by molar-refractivity contribution is 6.05. The number of anilines is 1. The Hall–Kier alpha value is -3.13. The standard InChI is InChI=1S/C18H20N2O6/c1-3-25-9-10-26-15-6-4-5-13(11-15)18(21)19-16-8-7-14(20(22)23)12-17(16)24-2/h4-8,11-12H,3,9-10H2,1-2H3,(H,19,21). The first-order chi connectivity index (χ1) is 12.5. The third-order valence-electron chi connectivity index (χ3n) is 3.44. The van der Waals surface area contributed by atoms with E-state index in [0.29, 0.717) is 36.8 Å². The number of methoxy groups -OCH3 is 1. The fourth-order valence-corrected chi connectivity index (χ4v) is 2.18. The molecule has 0 atom stereocenters. The van der Waals surface area contributed by atoms with Crippen LogP contribution in [0.15, 0.2) is 42.5 Å². The van der Waals surface area contributed by atoms with Gasteiger partial charge in [-0.1, -0.05) is 6.07 Å². The van der Waals surface area contributed by atoms with Crippen molar-refractivity contribution < 1.29 is 23.9 Å². The second-order valence-electron chi connectivity index (χ2n) is 5.17. The Morgan fingerprint density at radius 2 is 2.00 bits per heavy atom. The van der Waals surface area contributed by atoms with Crippen LogP contribution in [0.5, 0.6) is 11.5 Å². The SMILES string of the molecule is CCOCCOc1cccc(C(=O)Nc2ccc([N+](=O)[O-])cc2OC)c1. The van der Waals surface area contributed by atoms with E-state index in [-0.39, 0.29) is 17.3 Å². The summed E-state index contributed by atoms with van der Waals surface area (Å²) in [6.07, 6.45) is 0. The van der Waals surface area contributed by atoms with E-state index in [0.717, 1.165) is 0 Å². The number of hydrogen-bond acceptors (Lipinski definition) is 6. The molecule has 0 fully saturated rings. The number of hydrogen-bond donors (Lipinski definition) is 1. The van der Waals surface area contributed by atoms with E-state index in [1.807, 2.05) is 6.92 Å². The minimum absolute atomic E-state index is 0.121. The number of non-ortho nitro benzene ring substituents is 1. The number of carbonyl (C=O) groups excluding carboxylic acids is 1. The largest absolute Gasteiger partial charge is 0.494 e. The first kappa shape index (κ1) is 19.2. The second kappa shape index (κ2) is 9.38. The molecule has 0 spiro atoms. The number of benzene rings is 2. The van der Waals surface area contributed by atoms with Crippen LogP contribution in [0.25, 0.3) is 0 Å². The monoisotopic (exact) mass is 360 g/mol. The third kappa shape index (κ3) is 5.18. The molecule has 0 heterocycles. The summed E-state index contributed by atoms with van der Waals surface area (Å²) in [5, 5.41) is 13.5. The number of carbonyl (C=O) groups is 1. The van der Waals surface area contributed by atoms with Crippen LogP contribution in [0.3, 0.4) is 0 Å². The smallest absolute Gasteiger partial charge is 0.273 e. The van der Waals surface area contributed by atoms with Gasteiger partial charge in [-0.2, -0.15) is 0 Å². The average molecular weight is 360 g/mol. The van der Waals surface area contributed by atoms with Crippen LogP contribution < -0.4 is 14.8 Å². The number of ether oxygens (including phenoxy) is 3. The summed E-state index contributed by atoms with van der Waals surface area (Å²) < 4.78 is 15.8. The highest BCUT2D eigenvalue weighted by Gasteiger charge is 2.14. The number of nitrogens with one attached hydrogen (secondary N) is 1. The normalized spacial score (nSPS) is 10.2. The maximum Gasteiger partial charge on any atom is 0.273 e. The lowest BCUT2D eigenvalue weighted by Gasteiger charge is -2.11. The van der Waals surface area contributed by atoms with E-state index in [2.05, 4.69) is 5.32 Å². The highest BCUT2D eigenvalue weighted by atomic mass is 16.6. The van der Waals surface area contributed by atoms with E-state index in [1.165, 1.54) is 25.3 Å². The van der Waals surface area contributed by atoms with Gasteiger partial charge in [0.15, 0.2) is 0 Å². The fraction of sp³-hybridized carbons (Fsp3) is 0.278. The van der Waals surface area contributed by atoms with Gasteiger partial charge in [-0.05, 0) is 31.2 Å². The maximum absolute atomic E-state index is 12.4. The van der Waals surface area contributed by atoms with Crippen molar-refractivity contribution in [3.05, 3.63) is 58.1 Å². The summed E-state index contributed by atoms with van der Waals surface area (Å²) in [7, 11) is 1.38. The van der Waals surface area contributed by atoms with Crippen molar-refractivity contribution in [3.8, 4) is 11.5 Å². The van der Waals surface area contributed by atoms with Gasteiger partial charge in [0.2, 0.25) is 0 Å². The quantitative estimate of drug-likeness (QED) is 0.418. The molecule has 0 aliphatic carbocycles. The van der Waals surface area contributed by atoms with Crippen molar-refractivity contribution >= 4 is 17.3 Å². The molecule has 8 nitrogen and oxygen atoms in total. The van der Waals surface area contributed by atoms with Crippen molar-refractivity contribution in [2.45, 2.75) is 6.92 Å². The predicted octanol–water partition coefficient (Wildman–Crippen LogP) is 3.27. The number of amides is 1. The van der Waals surface area contributed by atoms with Gasteiger partial charge in [-0.25, -0.2) is 0 Å². The molecule has 0 radical (unpaired) electrons. The third-order valence-corrected chi connectivity index (χ3v) is 3.44. The molecular weight excluding hydrogens is 340 g/mol. The van der Waals surface area contributed by atoms with Crippen LogP contribution >= 0.6 is 0 Å². The first-order valence-corrected chi connectivity index (χ1v) is 7.99.